The summed E-state index contributed by atoms with van der Waals surface area (Å²) in [6.07, 6.45) is 6.28. The van der Waals surface area contributed by atoms with Crippen LogP contribution in [0.4, 0.5) is 5.69 Å². The third-order valence-electron chi connectivity index (χ3n) is 5.80. The van der Waals surface area contributed by atoms with Crippen LogP contribution in [0.25, 0.3) is 0 Å². The Morgan fingerprint density at radius 3 is 2.67 bits per heavy atom. The number of rotatable bonds is 7. The fraction of sp³-hybridized carbons (Fsp3) is 0.619. The van der Waals surface area contributed by atoms with E-state index in [1.54, 1.807) is 4.90 Å². The summed E-state index contributed by atoms with van der Waals surface area (Å²) in [6, 6.07) is 8.02. The van der Waals surface area contributed by atoms with Gasteiger partial charge in [0.25, 0.3) is 5.91 Å². The summed E-state index contributed by atoms with van der Waals surface area (Å²) >= 11 is 0. The van der Waals surface area contributed by atoms with E-state index in [9.17, 15) is 9.59 Å². The normalized spacial score (nSPS) is 21.0. The van der Waals surface area contributed by atoms with Gasteiger partial charge in [0, 0.05) is 43.9 Å². The van der Waals surface area contributed by atoms with Crippen LogP contribution in [0.3, 0.4) is 0 Å². The predicted molar refractivity (Wildman–Crippen MR) is 104 cm³/mol. The summed E-state index contributed by atoms with van der Waals surface area (Å²) in [6.45, 7) is 3.54. The molecular weight excluding hydrogens is 342 g/mol. The second-order valence-corrected chi connectivity index (χ2v) is 7.94. The molecule has 0 bridgehead atoms. The first-order valence-electron chi connectivity index (χ1n) is 10.2. The molecule has 27 heavy (non-hydrogen) atoms. The molecule has 3 fully saturated rings. The largest absolute Gasteiger partial charge is 0.484 e. The number of hydrogen-bond donors (Lipinski definition) is 1. The summed E-state index contributed by atoms with van der Waals surface area (Å²) in [5, 5.41) is 3.64. The highest BCUT2D eigenvalue weighted by molar-refractivity contribution is 5.95. The standard InChI is InChI=1S/C21H29N3O3/c25-20-5-2-10-24(20)18-3-1-4-19(13-18)27-15-21(26)23-11-8-17(9-12-23)22-14-16-6-7-16/h1,3-4,13,16-17,22H,2,5-12,14-15H2. The van der Waals surface area contributed by atoms with Gasteiger partial charge in [0.05, 0.1) is 0 Å². The number of amides is 2. The molecule has 2 aliphatic heterocycles. The minimum absolute atomic E-state index is 0.0401. The highest BCUT2D eigenvalue weighted by atomic mass is 16.5. The Hall–Kier alpha value is -2.08. The molecule has 2 amide bonds. The molecular formula is C21H29N3O3. The van der Waals surface area contributed by atoms with Gasteiger partial charge in [0.15, 0.2) is 6.61 Å². The number of piperidine rings is 1. The van der Waals surface area contributed by atoms with Gasteiger partial charge < -0.3 is 19.9 Å². The highest BCUT2D eigenvalue weighted by Gasteiger charge is 2.26. The fourth-order valence-electron chi connectivity index (χ4n) is 3.89. The zero-order valence-electron chi connectivity index (χ0n) is 15.9. The Labute approximate surface area is 160 Å². The van der Waals surface area contributed by atoms with Crippen LogP contribution in [0.2, 0.25) is 0 Å². The molecule has 1 aromatic rings. The van der Waals surface area contributed by atoms with E-state index >= 15 is 0 Å². The van der Waals surface area contributed by atoms with Gasteiger partial charge in [-0.15, -0.1) is 0 Å². The van der Waals surface area contributed by atoms with Gasteiger partial charge in [0.1, 0.15) is 5.75 Å². The van der Waals surface area contributed by atoms with E-state index in [1.165, 1.54) is 12.8 Å². The number of benzene rings is 1. The zero-order chi connectivity index (χ0) is 18.6. The molecule has 1 N–H and O–H groups in total. The first-order valence-corrected chi connectivity index (χ1v) is 10.2. The van der Waals surface area contributed by atoms with Crippen molar-refractivity contribution in [2.75, 3.05) is 37.7 Å². The first kappa shape index (κ1) is 18.3. The zero-order valence-corrected chi connectivity index (χ0v) is 15.9. The lowest BCUT2D eigenvalue weighted by Gasteiger charge is -2.32. The van der Waals surface area contributed by atoms with Gasteiger partial charge in [-0.05, 0) is 56.7 Å². The van der Waals surface area contributed by atoms with Crippen molar-refractivity contribution >= 4 is 17.5 Å². The lowest BCUT2D eigenvalue weighted by atomic mass is 10.0. The smallest absolute Gasteiger partial charge is 0.260 e. The molecule has 3 aliphatic rings. The molecule has 6 heteroatoms. The Morgan fingerprint density at radius 2 is 1.96 bits per heavy atom. The molecule has 0 aromatic heterocycles. The van der Waals surface area contributed by atoms with Gasteiger partial charge in [-0.3, -0.25) is 9.59 Å². The Kier molecular flexibility index (Phi) is 5.62. The SMILES string of the molecule is O=C(COc1cccc(N2CCCC2=O)c1)N1CCC(NCC2CC2)CC1. The average molecular weight is 371 g/mol. The summed E-state index contributed by atoms with van der Waals surface area (Å²) < 4.78 is 5.73. The van der Waals surface area contributed by atoms with Gasteiger partial charge in [-0.1, -0.05) is 6.07 Å². The van der Waals surface area contributed by atoms with Crippen LogP contribution in [-0.4, -0.2) is 55.5 Å². The Bertz CT molecular complexity index is 681. The topological polar surface area (TPSA) is 61.9 Å². The lowest BCUT2D eigenvalue weighted by Crippen LogP contribution is -2.46. The van der Waals surface area contributed by atoms with Crippen molar-refractivity contribution in [2.24, 2.45) is 5.92 Å². The maximum Gasteiger partial charge on any atom is 0.260 e. The highest BCUT2D eigenvalue weighted by Crippen LogP contribution is 2.28. The number of ether oxygens (including phenoxy) is 1. The van der Waals surface area contributed by atoms with E-state index in [4.69, 9.17) is 4.74 Å². The van der Waals surface area contributed by atoms with E-state index in [0.29, 0.717) is 18.2 Å². The second-order valence-electron chi connectivity index (χ2n) is 7.94. The van der Waals surface area contributed by atoms with Crippen LogP contribution >= 0.6 is 0 Å². The van der Waals surface area contributed by atoms with Gasteiger partial charge in [-0.2, -0.15) is 0 Å². The number of carbonyl (C=O) groups excluding carboxylic acids is 2. The van der Waals surface area contributed by atoms with Crippen LogP contribution in [0.15, 0.2) is 24.3 Å². The number of nitrogens with one attached hydrogen (secondary N) is 1. The van der Waals surface area contributed by atoms with Crippen molar-refractivity contribution in [3.05, 3.63) is 24.3 Å². The number of anilines is 1. The summed E-state index contributed by atoms with van der Waals surface area (Å²) in [5.74, 6) is 1.73. The van der Waals surface area contributed by atoms with Crippen LogP contribution in [-0.2, 0) is 9.59 Å². The van der Waals surface area contributed by atoms with Crippen LogP contribution < -0.4 is 15.0 Å². The monoisotopic (exact) mass is 371 g/mol. The minimum atomic E-state index is 0.0401. The fourth-order valence-corrected chi connectivity index (χ4v) is 3.89. The number of hydrogen-bond acceptors (Lipinski definition) is 4. The van der Waals surface area contributed by atoms with E-state index in [1.807, 2.05) is 29.2 Å². The summed E-state index contributed by atoms with van der Waals surface area (Å²) in [4.78, 5) is 28.0. The molecule has 0 radical (unpaired) electrons. The number of carbonyl (C=O) groups is 2. The molecule has 1 saturated carbocycles. The van der Waals surface area contributed by atoms with Gasteiger partial charge in [0.2, 0.25) is 5.91 Å². The van der Waals surface area contributed by atoms with E-state index < -0.39 is 0 Å². The molecule has 1 aliphatic carbocycles. The maximum atomic E-state index is 12.5. The lowest BCUT2D eigenvalue weighted by molar-refractivity contribution is -0.134. The van der Waals surface area contributed by atoms with E-state index in [-0.39, 0.29) is 18.4 Å². The van der Waals surface area contributed by atoms with Crippen molar-refractivity contribution in [3.63, 3.8) is 0 Å². The maximum absolute atomic E-state index is 12.5. The van der Waals surface area contributed by atoms with Crippen molar-refractivity contribution in [1.82, 2.24) is 10.2 Å². The first-order chi connectivity index (χ1) is 13.2. The molecule has 1 aromatic carbocycles. The Balaban J connectivity index is 1.23. The average Bonchev–Trinajstić information content (AvgIpc) is 3.44. The molecule has 146 valence electrons. The second kappa shape index (κ2) is 8.30. The predicted octanol–water partition coefficient (Wildman–Crippen LogP) is 2.18. The van der Waals surface area contributed by atoms with E-state index in [2.05, 4.69) is 5.32 Å². The minimum Gasteiger partial charge on any atom is -0.484 e. The third-order valence-corrected chi connectivity index (χ3v) is 5.80. The van der Waals surface area contributed by atoms with Crippen molar-refractivity contribution in [3.8, 4) is 5.75 Å². The van der Waals surface area contributed by atoms with Gasteiger partial charge in [-0.25, -0.2) is 0 Å². The van der Waals surface area contributed by atoms with Crippen LogP contribution in [0.5, 0.6) is 5.75 Å². The van der Waals surface area contributed by atoms with Crippen LogP contribution in [0.1, 0.15) is 38.5 Å². The van der Waals surface area contributed by atoms with Crippen molar-refractivity contribution in [1.29, 1.82) is 0 Å². The number of likely N-dealkylation sites (tertiary alicyclic amines) is 1. The molecule has 0 atom stereocenters. The molecule has 4 rings (SSSR count). The summed E-state index contributed by atoms with van der Waals surface area (Å²) in [7, 11) is 0. The molecule has 2 saturated heterocycles. The number of nitrogens with zero attached hydrogens (tertiary/aromatic N) is 2. The molecule has 6 nitrogen and oxygen atoms in total. The van der Waals surface area contributed by atoms with Gasteiger partial charge >= 0.3 is 0 Å². The van der Waals surface area contributed by atoms with Crippen LogP contribution in [0, 0.1) is 5.92 Å². The molecule has 0 spiro atoms. The quantitative estimate of drug-likeness (QED) is 0.798. The third kappa shape index (κ3) is 4.80. The Morgan fingerprint density at radius 1 is 1.15 bits per heavy atom. The van der Waals surface area contributed by atoms with Crippen molar-refractivity contribution in [2.45, 2.75) is 44.6 Å². The van der Waals surface area contributed by atoms with Crippen molar-refractivity contribution < 1.29 is 14.3 Å². The molecule has 0 unspecified atom stereocenters. The van der Waals surface area contributed by atoms with E-state index in [0.717, 1.165) is 57.0 Å². The summed E-state index contributed by atoms with van der Waals surface area (Å²) in [5.41, 5.74) is 0.852. The molecule has 2 heterocycles.